The summed E-state index contributed by atoms with van der Waals surface area (Å²) in [7, 11) is 0. The lowest BCUT2D eigenvalue weighted by Crippen LogP contribution is -2.15. The van der Waals surface area contributed by atoms with Crippen molar-refractivity contribution >= 4 is 11.9 Å². The lowest BCUT2D eigenvalue weighted by molar-refractivity contribution is 0.0396. The number of hydrogen-bond donors (Lipinski definition) is 0. The summed E-state index contributed by atoms with van der Waals surface area (Å²) in [5, 5.41) is 0. The summed E-state index contributed by atoms with van der Waals surface area (Å²) < 4.78 is 5.17. The van der Waals surface area contributed by atoms with Gasteiger partial charge in [0.15, 0.2) is 0 Å². The molecule has 0 atom stereocenters. The van der Waals surface area contributed by atoms with Crippen molar-refractivity contribution in [2.45, 2.75) is 53.4 Å². The molecule has 0 aromatic heterocycles. The lowest BCUT2D eigenvalue weighted by atomic mass is 10.0. The smallest absolute Gasteiger partial charge is 0.346 e. The van der Waals surface area contributed by atoms with E-state index in [0.717, 1.165) is 47.9 Å². The fourth-order valence-electron chi connectivity index (χ4n) is 2.86. The van der Waals surface area contributed by atoms with Gasteiger partial charge in [0.05, 0.1) is 11.1 Å². The van der Waals surface area contributed by atoms with Crippen LogP contribution < -0.4 is 0 Å². The average molecular weight is 338 g/mol. The van der Waals surface area contributed by atoms with Gasteiger partial charge in [-0.1, -0.05) is 51.0 Å². The number of aryl methyl sites for hydroxylation is 4. The van der Waals surface area contributed by atoms with Crippen molar-refractivity contribution in [3.8, 4) is 0 Å². The van der Waals surface area contributed by atoms with E-state index >= 15 is 0 Å². The molecule has 0 fully saturated rings. The number of ether oxygens (including phenoxy) is 1. The molecule has 0 aliphatic rings. The van der Waals surface area contributed by atoms with Gasteiger partial charge >= 0.3 is 11.9 Å². The maximum absolute atomic E-state index is 12.5. The zero-order valence-electron chi connectivity index (χ0n) is 15.5. The summed E-state index contributed by atoms with van der Waals surface area (Å²) in [4.78, 5) is 25.0. The van der Waals surface area contributed by atoms with E-state index in [1.54, 1.807) is 0 Å². The molecule has 0 bridgehead atoms. The van der Waals surface area contributed by atoms with E-state index in [2.05, 4.69) is 13.8 Å². The Labute approximate surface area is 150 Å². The molecule has 0 N–H and O–H groups in total. The van der Waals surface area contributed by atoms with Crippen LogP contribution in [0.25, 0.3) is 0 Å². The van der Waals surface area contributed by atoms with Crippen LogP contribution in [0.3, 0.4) is 0 Å². The molecule has 0 aliphatic heterocycles. The van der Waals surface area contributed by atoms with E-state index in [1.807, 2.05) is 50.2 Å². The molecule has 132 valence electrons. The van der Waals surface area contributed by atoms with Gasteiger partial charge in [0.1, 0.15) is 0 Å². The Morgan fingerprint density at radius 2 is 1.16 bits per heavy atom. The summed E-state index contributed by atoms with van der Waals surface area (Å²) in [5.74, 6) is -1.17. The van der Waals surface area contributed by atoms with Crippen molar-refractivity contribution in [1.82, 2.24) is 0 Å². The SMILES string of the molecule is CCCc1ccc(C)c(C(=O)OC(=O)c2cc(CCC)ccc2C)c1. The first kappa shape index (κ1) is 18.9. The first-order valence-electron chi connectivity index (χ1n) is 8.91. The number of carbonyl (C=O) groups excluding carboxylic acids is 2. The van der Waals surface area contributed by atoms with Crippen molar-refractivity contribution < 1.29 is 14.3 Å². The molecule has 3 nitrogen and oxygen atoms in total. The molecule has 0 unspecified atom stereocenters. The van der Waals surface area contributed by atoms with E-state index < -0.39 is 11.9 Å². The molecule has 0 saturated heterocycles. The summed E-state index contributed by atoms with van der Waals surface area (Å²) in [6.45, 7) is 7.88. The van der Waals surface area contributed by atoms with Crippen molar-refractivity contribution in [2.75, 3.05) is 0 Å². The highest BCUT2D eigenvalue weighted by atomic mass is 16.6. The van der Waals surface area contributed by atoms with Gasteiger partial charge in [0, 0.05) is 0 Å². The van der Waals surface area contributed by atoms with Gasteiger partial charge in [-0.15, -0.1) is 0 Å². The molecule has 0 heterocycles. The zero-order valence-corrected chi connectivity index (χ0v) is 15.5. The Morgan fingerprint density at radius 1 is 0.760 bits per heavy atom. The highest BCUT2D eigenvalue weighted by molar-refractivity contribution is 6.03. The molecule has 2 aromatic rings. The molecular weight excluding hydrogens is 312 g/mol. The van der Waals surface area contributed by atoms with Crippen LogP contribution in [0.15, 0.2) is 36.4 Å². The van der Waals surface area contributed by atoms with Gasteiger partial charge in [-0.2, -0.15) is 0 Å². The number of hydrogen-bond acceptors (Lipinski definition) is 3. The standard InChI is InChI=1S/C22H26O3/c1-5-7-17-11-9-15(3)19(13-17)21(23)25-22(24)20-14-18(8-6-2)12-10-16(20)4/h9-14H,5-8H2,1-4H3. The Hall–Kier alpha value is -2.42. The monoisotopic (exact) mass is 338 g/mol. The quantitative estimate of drug-likeness (QED) is 0.537. The van der Waals surface area contributed by atoms with Gasteiger partial charge in [-0.3, -0.25) is 0 Å². The minimum absolute atomic E-state index is 0.460. The molecule has 25 heavy (non-hydrogen) atoms. The average Bonchev–Trinajstić information content (AvgIpc) is 2.58. The third kappa shape index (κ3) is 4.79. The molecule has 2 aromatic carbocycles. The summed E-state index contributed by atoms with van der Waals surface area (Å²) >= 11 is 0. The van der Waals surface area contributed by atoms with Crippen molar-refractivity contribution in [3.63, 3.8) is 0 Å². The molecule has 0 spiro atoms. The normalized spacial score (nSPS) is 10.6. The lowest BCUT2D eigenvalue weighted by Gasteiger charge is -2.10. The molecular formula is C22H26O3. The van der Waals surface area contributed by atoms with Crippen molar-refractivity contribution in [1.29, 1.82) is 0 Å². The molecule has 2 rings (SSSR count). The zero-order chi connectivity index (χ0) is 18.4. The van der Waals surface area contributed by atoms with Gasteiger partial charge < -0.3 is 4.74 Å². The van der Waals surface area contributed by atoms with E-state index in [-0.39, 0.29) is 0 Å². The van der Waals surface area contributed by atoms with E-state index in [4.69, 9.17) is 4.74 Å². The first-order chi connectivity index (χ1) is 12.0. The minimum Gasteiger partial charge on any atom is -0.386 e. The van der Waals surface area contributed by atoms with Crippen LogP contribution in [0.1, 0.15) is 69.7 Å². The van der Waals surface area contributed by atoms with Crippen LogP contribution >= 0.6 is 0 Å². The van der Waals surface area contributed by atoms with Gasteiger partial charge in [-0.05, 0) is 61.1 Å². The Morgan fingerprint density at radius 3 is 1.52 bits per heavy atom. The molecule has 0 saturated carbocycles. The maximum atomic E-state index is 12.5. The van der Waals surface area contributed by atoms with Crippen LogP contribution in [0.4, 0.5) is 0 Å². The highest BCUT2D eigenvalue weighted by Gasteiger charge is 2.19. The van der Waals surface area contributed by atoms with Gasteiger partial charge in [0.25, 0.3) is 0 Å². The second-order valence-electron chi connectivity index (χ2n) is 6.48. The van der Waals surface area contributed by atoms with Gasteiger partial charge in [-0.25, -0.2) is 9.59 Å². The third-order valence-electron chi connectivity index (χ3n) is 4.31. The predicted molar refractivity (Wildman–Crippen MR) is 100 cm³/mol. The highest BCUT2D eigenvalue weighted by Crippen LogP contribution is 2.18. The minimum atomic E-state index is -0.583. The Bertz CT molecular complexity index is 709. The fraction of sp³-hybridized carbons (Fsp3) is 0.364. The second kappa shape index (κ2) is 8.61. The molecule has 0 radical (unpaired) electrons. The number of benzene rings is 2. The van der Waals surface area contributed by atoms with Crippen molar-refractivity contribution in [2.24, 2.45) is 0 Å². The summed E-state index contributed by atoms with van der Waals surface area (Å²) in [6, 6.07) is 11.5. The predicted octanol–water partition coefficient (Wildman–Crippen LogP) is 5.21. The molecule has 0 amide bonds. The van der Waals surface area contributed by atoms with Crippen LogP contribution in [0, 0.1) is 13.8 Å². The van der Waals surface area contributed by atoms with Gasteiger partial charge in [0.2, 0.25) is 0 Å². The first-order valence-corrected chi connectivity index (χ1v) is 8.91. The summed E-state index contributed by atoms with van der Waals surface area (Å²) in [6.07, 6.45) is 3.79. The summed E-state index contributed by atoms with van der Waals surface area (Å²) in [5.41, 5.74) is 4.70. The van der Waals surface area contributed by atoms with E-state index in [0.29, 0.717) is 11.1 Å². The second-order valence-corrected chi connectivity index (χ2v) is 6.48. The largest absolute Gasteiger partial charge is 0.386 e. The van der Waals surface area contributed by atoms with Crippen molar-refractivity contribution in [3.05, 3.63) is 69.8 Å². The van der Waals surface area contributed by atoms with E-state index in [9.17, 15) is 9.59 Å². The molecule has 3 heteroatoms. The number of rotatable bonds is 6. The van der Waals surface area contributed by atoms with Crippen LogP contribution in [-0.4, -0.2) is 11.9 Å². The number of carbonyl (C=O) groups is 2. The topological polar surface area (TPSA) is 43.4 Å². The fourth-order valence-corrected chi connectivity index (χ4v) is 2.86. The maximum Gasteiger partial charge on any atom is 0.346 e. The Balaban J connectivity index is 2.22. The van der Waals surface area contributed by atoms with Crippen LogP contribution in [-0.2, 0) is 17.6 Å². The number of esters is 2. The third-order valence-corrected chi connectivity index (χ3v) is 4.31. The Kier molecular flexibility index (Phi) is 6.51. The van der Waals surface area contributed by atoms with E-state index in [1.165, 1.54) is 0 Å². The molecule has 0 aliphatic carbocycles. The van der Waals surface area contributed by atoms with Crippen LogP contribution in [0.2, 0.25) is 0 Å². The van der Waals surface area contributed by atoms with Crippen LogP contribution in [0.5, 0.6) is 0 Å².